The first-order valence-corrected chi connectivity index (χ1v) is 9.57. The summed E-state index contributed by atoms with van der Waals surface area (Å²) in [5.74, 6) is -2.37. The van der Waals surface area contributed by atoms with Crippen molar-refractivity contribution in [3.05, 3.63) is 53.3 Å². The molecule has 0 aliphatic carbocycles. The minimum absolute atomic E-state index is 0.0211. The van der Waals surface area contributed by atoms with Gasteiger partial charge in [-0.2, -0.15) is 0 Å². The summed E-state index contributed by atoms with van der Waals surface area (Å²) in [7, 11) is 0. The predicted molar refractivity (Wildman–Crippen MR) is 99.5 cm³/mol. The molecule has 2 aromatic carbocycles. The van der Waals surface area contributed by atoms with Crippen molar-refractivity contribution in [3.8, 4) is 16.9 Å². The van der Waals surface area contributed by atoms with Crippen molar-refractivity contribution >= 4 is 0 Å². The number of hydrogen-bond donors (Lipinski definition) is 0. The van der Waals surface area contributed by atoms with Gasteiger partial charge in [-0.15, -0.1) is 0 Å². The Hall–Kier alpha value is -2.01. The van der Waals surface area contributed by atoms with Gasteiger partial charge < -0.3 is 9.47 Å². The van der Waals surface area contributed by atoms with E-state index in [0.29, 0.717) is 24.5 Å². The molecule has 2 nitrogen and oxygen atoms in total. The summed E-state index contributed by atoms with van der Waals surface area (Å²) >= 11 is 0. The number of halogens is 3. The quantitative estimate of drug-likeness (QED) is 0.593. The number of ether oxygens (including phenoxy) is 2. The van der Waals surface area contributed by atoms with Crippen molar-refractivity contribution in [1.29, 1.82) is 0 Å². The van der Waals surface area contributed by atoms with Crippen LogP contribution in [0.15, 0.2) is 30.3 Å². The van der Waals surface area contributed by atoms with Crippen LogP contribution in [0.2, 0.25) is 0 Å². The Balaban J connectivity index is 1.85. The van der Waals surface area contributed by atoms with Gasteiger partial charge in [-0.25, -0.2) is 13.2 Å². The van der Waals surface area contributed by atoms with Gasteiger partial charge in [0.1, 0.15) is 11.6 Å². The summed E-state index contributed by atoms with van der Waals surface area (Å²) in [4.78, 5) is 0. The molecule has 1 aliphatic rings. The third-order valence-electron chi connectivity index (χ3n) is 5.08. The maximum absolute atomic E-state index is 14.7. The van der Waals surface area contributed by atoms with Gasteiger partial charge in [-0.1, -0.05) is 26.0 Å². The fraction of sp³-hybridized carbons (Fsp3) is 0.455. The molecule has 1 fully saturated rings. The molecule has 2 aromatic rings. The van der Waals surface area contributed by atoms with E-state index in [1.165, 1.54) is 18.2 Å². The van der Waals surface area contributed by atoms with Crippen molar-refractivity contribution in [1.82, 2.24) is 0 Å². The molecular weight excluding hydrogens is 353 g/mol. The molecule has 0 N–H and O–H groups in total. The number of benzene rings is 2. The molecule has 2 unspecified atom stereocenters. The van der Waals surface area contributed by atoms with Crippen molar-refractivity contribution in [2.24, 2.45) is 0 Å². The molecule has 1 saturated heterocycles. The van der Waals surface area contributed by atoms with Gasteiger partial charge in [0.15, 0.2) is 11.6 Å². The first-order valence-electron chi connectivity index (χ1n) is 9.57. The first kappa shape index (κ1) is 19.7. The third kappa shape index (κ3) is 4.29. The summed E-state index contributed by atoms with van der Waals surface area (Å²) in [5.41, 5.74) is 0.237. The van der Waals surface area contributed by atoms with E-state index < -0.39 is 17.5 Å². The minimum Gasteiger partial charge on any atom is -0.494 e. The van der Waals surface area contributed by atoms with Crippen LogP contribution in [-0.4, -0.2) is 19.3 Å². The topological polar surface area (TPSA) is 18.5 Å². The van der Waals surface area contributed by atoms with E-state index in [1.54, 1.807) is 12.1 Å². The summed E-state index contributed by atoms with van der Waals surface area (Å²) in [6.45, 7) is 4.85. The monoisotopic (exact) mass is 378 g/mol. The van der Waals surface area contributed by atoms with E-state index in [4.69, 9.17) is 9.47 Å². The molecule has 0 aromatic heterocycles. The molecule has 146 valence electrons. The number of rotatable bonds is 6. The second-order valence-corrected chi connectivity index (χ2v) is 6.96. The van der Waals surface area contributed by atoms with Crippen LogP contribution in [0.3, 0.4) is 0 Å². The number of hydrogen-bond acceptors (Lipinski definition) is 2. The molecule has 1 aliphatic heterocycles. The molecule has 0 spiro atoms. The van der Waals surface area contributed by atoms with E-state index in [0.717, 1.165) is 25.7 Å². The van der Waals surface area contributed by atoms with Gasteiger partial charge in [-0.05, 0) is 43.4 Å². The van der Waals surface area contributed by atoms with Crippen LogP contribution in [0, 0.1) is 17.5 Å². The third-order valence-corrected chi connectivity index (χ3v) is 5.08. The maximum Gasteiger partial charge on any atom is 0.167 e. The highest BCUT2D eigenvalue weighted by Crippen LogP contribution is 2.35. The zero-order valence-corrected chi connectivity index (χ0v) is 15.7. The van der Waals surface area contributed by atoms with Crippen molar-refractivity contribution < 1.29 is 22.6 Å². The minimum atomic E-state index is -1.02. The highest BCUT2D eigenvalue weighted by molar-refractivity contribution is 5.66. The Labute approximate surface area is 158 Å². The molecule has 2 atom stereocenters. The molecule has 0 saturated carbocycles. The molecule has 0 radical (unpaired) electrons. The molecule has 5 heteroatoms. The highest BCUT2D eigenvalue weighted by Gasteiger charge is 2.27. The lowest BCUT2D eigenvalue weighted by Gasteiger charge is -2.29. The van der Waals surface area contributed by atoms with Crippen LogP contribution in [0.1, 0.15) is 51.0 Å². The molecule has 3 rings (SSSR count). The Kier molecular flexibility index (Phi) is 6.42. The zero-order valence-electron chi connectivity index (χ0n) is 15.7. The molecule has 1 heterocycles. The lowest BCUT2D eigenvalue weighted by molar-refractivity contribution is 0.00131. The Morgan fingerprint density at radius 3 is 2.41 bits per heavy atom. The average Bonchev–Trinajstić information content (AvgIpc) is 2.69. The largest absolute Gasteiger partial charge is 0.494 e. The normalized spacial score (nSPS) is 19.9. The van der Waals surface area contributed by atoms with E-state index in [1.807, 2.05) is 13.8 Å². The van der Waals surface area contributed by atoms with Gasteiger partial charge in [0.2, 0.25) is 0 Å². The van der Waals surface area contributed by atoms with Crippen molar-refractivity contribution in [3.63, 3.8) is 0 Å². The van der Waals surface area contributed by atoms with E-state index in [2.05, 4.69) is 0 Å². The Bertz CT molecular complexity index is 783. The second-order valence-electron chi connectivity index (χ2n) is 6.96. The van der Waals surface area contributed by atoms with Crippen molar-refractivity contribution in [2.45, 2.75) is 51.6 Å². The fourth-order valence-electron chi connectivity index (χ4n) is 3.48. The molecule has 0 amide bonds. The van der Waals surface area contributed by atoms with Crippen LogP contribution in [0.5, 0.6) is 5.75 Å². The summed E-state index contributed by atoms with van der Waals surface area (Å²) in [5, 5.41) is 0. The van der Waals surface area contributed by atoms with Crippen molar-refractivity contribution in [2.75, 3.05) is 13.2 Å². The van der Waals surface area contributed by atoms with Crippen LogP contribution in [0.4, 0.5) is 13.2 Å². The predicted octanol–water partition coefficient (Wildman–Crippen LogP) is 6.23. The van der Waals surface area contributed by atoms with Crippen LogP contribution >= 0.6 is 0 Å². The molecule has 27 heavy (non-hydrogen) atoms. The van der Waals surface area contributed by atoms with Crippen LogP contribution < -0.4 is 4.74 Å². The lowest BCUT2D eigenvalue weighted by Crippen LogP contribution is -2.24. The van der Waals surface area contributed by atoms with Gasteiger partial charge in [-0.3, -0.25) is 0 Å². The first-order chi connectivity index (χ1) is 13.0. The standard InChI is InChI=1S/C22H25F3O2/c1-3-11-26-16-7-8-18(20(23)12-16)19-10-9-17(21(24)22(19)25)14-5-6-15(4-2)27-13-14/h7-10,12,14-15H,3-6,11,13H2,1-2H3. The Morgan fingerprint density at radius 2 is 1.78 bits per heavy atom. The summed E-state index contributed by atoms with van der Waals surface area (Å²) in [6.07, 6.45) is 3.49. The fourth-order valence-corrected chi connectivity index (χ4v) is 3.48. The SMILES string of the molecule is CCCOc1ccc(-c2ccc(C3CCC(CC)OC3)c(F)c2F)c(F)c1. The zero-order chi connectivity index (χ0) is 19.4. The molecule has 0 bridgehead atoms. The van der Waals surface area contributed by atoms with Gasteiger partial charge in [0, 0.05) is 23.1 Å². The van der Waals surface area contributed by atoms with Crippen LogP contribution in [-0.2, 0) is 4.74 Å². The Morgan fingerprint density at radius 1 is 1.00 bits per heavy atom. The van der Waals surface area contributed by atoms with E-state index in [-0.39, 0.29) is 23.1 Å². The lowest BCUT2D eigenvalue weighted by atomic mass is 9.89. The maximum atomic E-state index is 14.7. The van der Waals surface area contributed by atoms with Gasteiger partial charge >= 0.3 is 0 Å². The van der Waals surface area contributed by atoms with E-state index in [9.17, 15) is 13.2 Å². The van der Waals surface area contributed by atoms with E-state index >= 15 is 0 Å². The van der Waals surface area contributed by atoms with Crippen LogP contribution in [0.25, 0.3) is 11.1 Å². The average molecular weight is 378 g/mol. The van der Waals surface area contributed by atoms with Gasteiger partial charge in [0.05, 0.1) is 19.3 Å². The smallest absolute Gasteiger partial charge is 0.167 e. The summed E-state index contributed by atoms with van der Waals surface area (Å²) < 4.78 is 54.9. The van der Waals surface area contributed by atoms with Gasteiger partial charge in [0.25, 0.3) is 0 Å². The highest BCUT2D eigenvalue weighted by atomic mass is 19.2. The molecular formula is C22H25F3O2. The second kappa shape index (κ2) is 8.79. The summed E-state index contributed by atoms with van der Waals surface area (Å²) in [6, 6.07) is 7.20.